The number of carbonyl (C=O) groups is 2. The maximum atomic E-state index is 14.1. The Morgan fingerprint density at radius 1 is 1.03 bits per heavy atom. The van der Waals surface area contributed by atoms with E-state index in [1.165, 1.54) is 28.6 Å². The average Bonchev–Trinajstić information content (AvgIpc) is 3.35. The minimum absolute atomic E-state index is 0.0361. The van der Waals surface area contributed by atoms with E-state index in [0.29, 0.717) is 32.6 Å². The second-order valence-electron chi connectivity index (χ2n) is 9.46. The van der Waals surface area contributed by atoms with Crippen molar-refractivity contribution in [3.8, 4) is 0 Å². The molecule has 0 radical (unpaired) electrons. The van der Waals surface area contributed by atoms with Gasteiger partial charge >= 0.3 is 0 Å². The van der Waals surface area contributed by atoms with Crippen LogP contribution in [0, 0.1) is 11.6 Å². The van der Waals surface area contributed by atoms with Gasteiger partial charge in [0.1, 0.15) is 11.6 Å². The van der Waals surface area contributed by atoms with Crippen molar-refractivity contribution >= 4 is 23.2 Å². The lowest BCUT2D eigenvalue weighted by molar-refractivity contribution is -0.134. The van der Waals surface area contributed by atoms with Crippen LogP contribution in [0.5, 0.6) is 0 Å². The number of hydrogen-bond donors (Lipinski definition) is 0. The van der Waals surface area contributed by atoms with E-state index in [0.717, 1.165) is 18.5 Å². The van der Waals surface area contributed by atoms with Crippen LogP contribution in [-0.2, 0) is 11.2 Å². The van der Waals surface area contributed by atoms with Crippen molar-refractivity contribution in [1.82, 2.24) is 14.7 Å². The maximum Gasteiger partial charge on any atom is 0.257 e. The summed E-state index contributed by atoms with van der Waals surface area (Å²) in [7, 11) is 0. The van der Waals surface area contributed by atoms with Gasteiger partial charge < -0.3 is 9.80 Å². The Hall–Kier alpha value is -3.10. The number of nitrogens with zero attached hydrogens (tertiary/aromatic N) is 3. The van der Waals surface area contributed by atoms with Gasteiger partial charge in [0.05, 0.1) is 11.6 Å². The molecule has 2 aliphatic rings. The third kappa shape index (κ3) is 4.92. The minimum atomic E-state index is -0.531. The topological polar surface area (TPSA) is 43.9 Å². The van der Waals surface area contributed by atoms with E-state index in [9.17, 15) is 18.4 Å². The van der Waals surface area contributed by atoms with Crippen LogP contribution in [0.2, 0.25) is 0 Å². The Morgan fingerprint density at radius 3 is 2.64 bits per heavy atom. The van der Waals surface area contributed by atoms with Crippen LogP contribution in [0.4, 0.5) is 8.78 Å². The fraction of sp³-hybridized carbons (Fsp3) is 0.357. The molecule has 0 bridgehead atoms. The lowest BCUT2D eigenvalue weighted by Crippen LogP contribution is -2.55. The number of halogens is 2. The first-order valence-electron chi connectivity index (χ1n) is 12.3. The van der Waals surface area contributed by atoms with Gasteiger partial charge in [0.25, 0.3) is 5.91 Å². The van der Waals surface area contributed by atoms with Crippen LogP contribution in [0.1, 0.15) is 45.7 Å². The molecule has 36 heavy (non-hydrogen) atoms. The van der Waals surface area contributed by atoms with Gasteiger partial charge in [0, 0.05) is 50.1 Å². The summed E-state index contributed by atoms with van der Waals surface area (Å²) < 4.78 is 28.2. The molecule has 0 aliphatic carbocycles. The largest absolute Gasteiger partial charge is 0.339 e. The summed E-state index contributed by atoms with van der Waals surface area (Å²) in [6, 6.07) is 14.5. The van der Waals surface area contributed by atoms with Gasteiger partial charge in [-0.3, -0.25) is 14.5 Å². The quantitative estimate of drug-likeness (QED) is 0.499. The number of hydrogen-bond acceptors (Lipinski definition) is 4. The summed E-state index contributed by atoms with van der Waals surface area (Å²) in [5.41, 5.74) is 2.15. The molecular weight excluding hydrogens is 480 g/mol. The second kappa shape index (κ2) is 10.5. The van der Waals surface area contributed by atoms with Crippen molar-refractivity contribution in [2.75, 3.05) is 32.7 Å². The molecule has 5 rings (SSSR count). The molecular formula is C28H29F2N3O2S. The fourth-order valence-corrected chi connectivity index (χ4v) is 6.25. The predicted octanol–water partition coefficient (Wildman–Crippen LogP) is 4.74. The number of benzene rings is 2. The lowest BCUT2D eigenvalue weighted by Gasteiger charge is -2.41. The summed E-state index contributed by atoms with van der Waals surface area (Å²) in [6.07, 6.45) is 1.26. The van der Waals surface area contributed by atoms with Crippen molar-refractivity contribution in [1.29, 1.82) is 0 Å². The molecule has 2 atom stereocenters. The summed E-state index contributed by atoms with van der Waals surface area (Å²) in [4.78, 5) is 33.0. The molecule has 1 fully saturated rings. The van der Waals surface area contributed by atoms with Crippen molar-refractivity contribution in [3.63, 3.8) is 0 Å². The highest BCUT2D eigenvalue weighted by Crippen LogP contribution is 2.38. The van der Waals surface area contributed by atoms with Gasteiger partial charge in [-0.05, 0) is 60.2 Å². The summed E-state index contributed by atoms with van der Waals surface area (Å²) in [6.45, 7) is 4.47. The van der Waals surface area contributed by atoms with E-state index >= 15 is 0 Å². The molecule has 0 unspecified atom stereocenters. The van der Waals surface area contributed by atoms with Crippen LogP contribution in [-0.4, -0.2) is 65.3 Å². The summed E-state index contributed by atoms with van der Waals surface area (Å²) in [5.74, 6) is -1.10. The van der Waals surface area contributed by atoms with Crippen LogP contribution in [0.15, 0.2) is 60.0 Å². The molecule has 188 valence electrons. The molecule has 2 aliphatic heterocycles. The van der Waals surface area contributed by atoms with Gasteiger partial charge in [-0.1, -0.05) is 24.3 Å². The average molecular weight is 510 g/mol. The summed E-state index contributed by atoms with van der Waals surface area (Å²) in [5, 5.41) is 2.08. The first-order chi connectivity index (χ1) is 17.4. The fourth-order valence-electron chi connectivity index (χ4n) is 5.35. The van der Waals surface area contributed by atoms with E-state index in [2.05, 4.69) is 16.3 Å². The zero-order chi connectivity index (χ0) is 25.2. The number of amides is 2. The number of thiophene rings is 1. The highest BCUT2D eigenvalue weighted by Gasteiger charge is 2.33. The van der Waals surface area contributed by atoms with Crippen LogP contribution in [0.3, 0.4) is 0 Å². The zero-order valence-electron chi connectivity index (χ0n) is 20.2. The Labute approximate surface area is 213 Å². The molecule has 1 saturated heterocycles. The smallest absolute Gasteiger partial charge is 0.257 e. The van der Waals surface area contributed by atoms with Crippen LogP contribution < -0.4 is 0 Å². The monoisotopic (exact) mass is 509 g/mol. The molecule has 8 heteroatoms. The number of piperazine rings is 1. The van der Waals surface area contributed by atoms with E-state index in [-0.39, 0.29) is 35.3 Å². The number of carbonyl (C=O) groups excluding carboxylic acids is 2. The lowest BCUT2D eigenvalue weighted by atomic mass is 9.93. The first kappa shape index (κ1) is 24.6. The van der Waals surface area contributed by atoms with Gasteiger partial charge in [0.2, 0.25) is 5.91 Å². The number of rotatable bonds is 5. The standard InChI is InChI=1S/C28H29F2N3O2S/c1-19-18-32(14-15-33(19)28(35)22-7-2-3-8-24(22)30)26(34)10-13-31-12-9-25-23(11-16-36-25)27(31)20-5-4-6-21(29)17-20/h2-8,11,16-17,19,27H,9-10,12-15,18H2,1H3/t19-,27+/m0/s1. The minimum Gasteiger partial charge on any atom is -0.339 e. The van der Waals surface area contributed by atoms with Gasteiger partial charge in [-0.15, -0.1) is 11.3 Å². The van der Waals surface area contributed by atoms with Crippen molar-refractivity contribution < 1.29 is 18.4 Å². The van der Waals surface area contributed by atoms with E-state index < -0.39 is 5.82 Å². The van der Waals surface area contributed by atoms with Crippen LogP contribution in [0.25, 0.3) is 0 Å². The molecule has 3 aromatic rings. The molecule has 0 spiro atoms. The Balaban J connectivity index is 1.23. The second-order valence-corrected chi connectivity index (χ2v) is 10.5. The maximum absolute atomic E-state index is 14.1. The van der Waals surface area contributed by atoms with Crippen molar-refractivity contribution in [2.24, 2.45) is 0 Å². The molecule has 3 heterocycles. The SMILES string of the molecule is C[C@H]1CN(C(=O)CCN2CCc3sccc3[C@H]2c2cccc(F)c2)CCN1C(=O)c1ccccc1F. The highest BCUT2D eigenvalue weighted by molar-refractivity contribution is 7.10. The van der Waals surface area contributed by atoms with Crippen LogP contribution >= 0.6 is 11.3 Å². The van der Waals surface area contributed by atoms with Gasteiger partial charge in [-0.2, -0.15) is 0 Å². The van der Waals surface area contributed by atoms with E-state index in [4.69, 9.17) is 0 Å². The summed E-state index contributed by atoms with van der Waals surface area (Å²) >= 11 is 1.73. The third-order valence-corrected chi connectivity index (χ3v) is 8.18. The Morgan fingerprint density at radius 2 is 1.86 bits per heavy atom. The number of fused-ring (bicyclic) bond motifs is 1. The Kier molecular flexibility index (Phi) is 7.16. The predicted molar refractivity (Wildman–Crippen MR) is 136 cm³/mol. The Bertz CT molecular complexity index is 1260. The molecule has 2 aromatic carbocycles. The molecule has 1 aromatic heterocycles. The van der Waals surface area contributed by atoms with Gasteiger partial charge in [0.15, 0.2) is 0 Å². The highest BCUT2D eigenvalue weighted by atomic mass is 32.1. The zero-order valence-corrected chi connectivity index (χ0v) is 21.0. The van der Waals surface area contributed by atoms with Crippen molar-refractivity contribution in [2.45, 2.75) is 31.8 Å². The molecule has 5 nitrogen and oxygen atoms in total. The normalized spacial score (nSPS) is 20.3. The van der Waals surface area contributed by atoms with E-state index in [1.807, 2.05) is 13.0 Å². The molecule has 0 N–H and O–H groups in total. The first-order valence-corrected chi connectivity index (χ1v) is 13.2. The van der Waals surface area contributed by atoms with E-state index in [1.54, 1.807) is 45.4 Å². The molecule has 0 saturated carbocycles. The molecule has 2 amide bonds. The van der Waals surface area contributed by atoms with Crippen molar-refractivity contribution in [3.05, 3.63) is 93.2 Å². The van der Waals surface area contributed by atoms with Gasteiger partial charge in [-0.25, -0.2) is 8.78 Å². The third-order valence-electron chi connectivity index (χ3n) is 7.19.